The molecule has 2 aromatic carbocycles. The Morgan fingerprint density at radius 3 is 2.90 bits per heavy atom. The standard InChI is InChI=1S/C16H10N2O2S/c19-10-13-15(17-16-18(13)8-9-21-16)20-14-7-3-5-11-4-1-2-6-12(11)14/h1-10H. The first-order chi connectivity index (χ1) is 10.4. The van der Waals surface area contributed by atoms with E-state index in [-0.39, 0.29) is 0 Å². The van der Waals surface area contributed by atoms with Crippen molar-refractivity contribution in [2.45, 2.75) is 0 Å². The highest BCUT2D eigenvalue weighted by Crippen LogP contribution is 2.31. The molecule has 102 valence electrons. The van der Waals surface area contributed by atoms with Crippen LogP contribution in [0, 0.1) is 0 Å². The number of fused-ring (bicyclic) bond motifs is 2. The molecule has 0 spiro atoms. The second-order valence-electron chi connectivity index (χ2n) is 4.55. The summed E-state index contributed by atoms with van der Waals surface area (Å²) in [5.41, 5.74) is 0.430. The number of nitrogens with zero attached hydrogens (tertiary/aromatic N) is 2. The summed E-state index contributed by atoms with van der Waals surface area (Å²) in [5, 5.41) is 3.97. The largest absolute Gasteiger partial charge is 0.436 e. The summed E-state index contributed by atoms with van der Waals surface area (Å²) in [6.45, 7) is 0. The number of imidazole rings is 1. The molecule has 4 rings (SSSR count). The van der Waals surface area contributed by atoms with E-state index in [0.717, 1.165) is 22.0 Å². The lowest BCUT2D eigenvalue weighted by Gasteiger charge is -2.07. The molecule has 0 saturated carbocycles. The van der Waals surface area contributed by atoms with Crippen molar-refractivity contribution in [3.63, 3.8) is 0 Å². The van der Waals surface area contributed by atoms with Gasteiger partial charge in [0.05, 0.1) is 0 Å². The van der Waals surface area contributed by atoms with E-state index in [1.54, 1.807) is 4.40 Å². The highest BCUT2D eigenvalue weighted by atomic mass is 32.1. The van der Waals surface area contributed by atoms with Gasteiger partial charge in [0.2, 0.25) is 5.88 Å². The zero-order valence-corrected chi connectivity index (χ0v) is 11.7. The molecular formula is C16H10N2O2S. The number of aldehydes is 1. The number of benzene rings is 2. The lowest BCUT2D eigenvalue weighted by molar-refractivity contribution is 0.111. The summed E-state index contributed by atoms with van der Waals surface area (Å²) in [5.74, 6) is 1.04. The number of aromatic nitrogens is 2. The first-order valence-corrected chi connectivity index (χ1v) is 7.31. The maximum absolute atomic E-state index is 11.3. The van der Waals surface area contributed by atoms with Gasteiger partial charge < -0.3 is 4.74 Å². The van der Waals surface area contributed by atoms with Gasteiger partial charge in [0, 0.05) is 17.0 Å². The number of hydrogen-bond donors (Lipinski definition) is 0. The van der Waals surface area contributed by atoms with E-state index < -0.39 is 0 Å². The fourth-order valence-corrected chi connectivity index (χ4v) is 3.07. The molecule has 0 unspecified atom stereocenters. The Balaban J connectivity index is 1.86. The number of ether oxygens (including phenoxy) is 1. The van der Waals surface area contributed by atoms with Crippen molar-refractivity contribution >= 4 is 33.4 Å². The number of rotatable bonds is 3. The Labute approximate surface area is 124 Å². The third-order valence-corrected chi connectivity index (χ3v) is 4.09. The van der Waals surface area contributed by atoms with Crippen molar-refractivity contribution in [1.29, 1.82) is 0 Å². The van der Waals surface area contributed by atoms with Crippen LogP contribution in [0.25, 0.3) is 15.7 Å². The topological polar surface area (TPSA) is 43.6 Å². The molecule has 0 aliphatic carbocycles. The molecule has 0 aliphatic heterocycles. The van der Waals surface area contributed by atoms with E-state index in [9.17, 15) is 4.79 Å². The molecule has 0 amide bonds. The minimum atomic E-state index is 0.341. The Kier molecular flexibility index (Phi) is 2.72. The smallest absolute Gasteiger partial charge is 0.250 e. The van der Waals surface area contributed by atoms with E-state index in [0.29, 0.717) is 17.3 Å². The second-order valence-corrected chi connectivity index (χ2v) is 5.43. The third-order valence-electron chi connectivity index (χ3n) is 3.33. The molecule has 0 atom stereocenters. The predicted molar refractivity (Wildman–Crippen MR) is 82.5 cm³/mol. The molecule has 0 fully saturated rings. The van der Waals surface area contributed by atoms with Crippen molar-refractivity contribution in [2.24, 2.45) is 0 Å². The van der Waals surface area contributed by atoms with Gasteiger partial charge in [-0.25, -0.2) is 0 Å². The zero-order chi connectivity index (χ0) is 14.2. The second kappa shape index (κ2) is 4.71. The van der Waals surface area contributed by atoms with Crippen LogP contribution in [0.5, 0.6) is 11.6 Å². The molecule has 4 aromatic rings. The Morgan fingerprint density at radius 2 is 2.00 bits per heavy atom. The van der Waals surface area contributed by atoms with Gasteiger partial charge >= 0.3 is 0 Å². The number of carbonyl (C=O) groups excluding carboxylic acids is 1. The first kappa shape index (κ1) is 12.1. The van der Waals surface area contributed by atoms with Crippen LogP contribution in [0.2, 0.25) is 0 Å². The first-order valence-electron chi connectivity index (χ1n) is 6.43. The maximum atomic E-state index is 11.3. The summed E-state index contributed by atoms with van der Waals surface area (Å²) in [6, 6.07) is 13.8. The molecule has 0 radical (unpaired) electrons. The maximum Gasteiger partial charge on any atom is 0.250 e. The van der Waals surface area contributed by atoms with Crippen LogP contribution >= 0.6 is 11.3 Å². The summed E-state index contributed by atoms with van der Waals surface area (Å²) < 4.78 is 7.63. The van der Waals surface area contributed by atoms with Gasteiger partial charge in [-0.1, -0.05) is 36.4 Å². The highest BCUT2D eigenvalue weighted by Gasteiger charge is 2.15. The average molecular weight is 294 g/mol. The van der Waals surface area contributed by atoms with Gasteiger partial charge in [-0.15, -0.1) is 11.3 Å². The molecule has 2 heterocycles. The van der Waals surface area contributed by atoms with Gasteiger partial charge in [-0.3, -0.25) is 9.20 Å². The van der Waals surface area contributed by atoms with Gasteiger partial charge in [-0.2, -0.15) is 4.98 Å². The van der Waals surface area contributed by atoms with E-state index in [1.807, 2.05) is 54.0 Å². The summed E-state index contributed by atoms with van der Waals surface area (Å²) in [6.07, 6.45) is 2.58. The number of hydrogen-bond acceptors (Lipinski definition) is 4. The SMILES string of the molecule is O=Cc1c(Oc2cccc3ccccc23)nc2sccn12. The monoisotopic (exact) mass is 294 g/mol. The van der Waals surface area contributed by atoms with Crippen LogP contribution in [-0.4, -0.2) is 15.7 Å². The Bertz CT molecular complexity index is 950. The molecule has 0 N–H and O–H groups in total. The van der Waals surface area contributed by atoms with Crippen LogP contribution < -0.4 is 4.74 Å². The van der Waals surface area contributed by atoms with Crippen molar-refractivity contribution < 1.29 is 9.53 Å². The average Bonchev–Trinajstić information content (AvgIpc) is 3.08. The number of carbonyl (C=O) groups is 1. The molecule has 0 saturated heterocycles. The fraction of sp³-hybridized carbons (Fsp3) is 0. The van der Waals surface area contributed by atoms with Gasteiger partial charge in [0.1, 0.15) is 5.75 Å². The fourth-order valence-electron chi connectivity index (χ4n) is 2.35. The van der Waals surface area contributed by atoms with Crippen LogP contribution in [-0.2, 0) is 0 Å². The molecule has 4 nitrogen and oxygen atoms in total. The predicted octanol–water partition coefficient (Wildman–Crippen LogP) is 4.15. The third kappa shape index (κ3) is 1.90. The molecular weight excluding hydrogens is 284 g/mol. The molecule has 21 heavy (non-hydrogen) atoms. The van der Waals surface area contributed by atoms with Gasteiger partial charge in [0.25, 0.3) is 0 Å². The van der Waals surface area contributed by atoms with Crippen molar-refractivity contribution in [1.82, 2.24) is 9.38 Å². The van der Waals surface area contributed by atoms with Crippen LogP contribution in [0.4, 0.5) is 0 Å². The minimum absolute atomic E-state index is 0.341. The Hall–Kier alpha value is -2.66. The van der Waals surface area contributed by atoms with Gasteiger partial charge in [-0.05, 0) is 11.5 Å². The quantitative estimate of drug-likeness (QED) is 0.533. The molecule has 2 aromatic heterocycles. The van der Waals surface area contributed by atoms with Gasteiger partial charge in [0.15, 0.2) is 16.9 Å². The van der Waals surface area contributed by atoms with E-state index in [4.69, 9.17) is 4.74 Å². The number of thiazole rings is 1. The Morgan fingerprint density at radius 1 is 1.14 bits per heavy atom. The van der Waals surface area contributed by atoms with Crippen molar-refractivity contribution in [3.05, 3.63) is 59.7 Å². The molecule has 0 bridgehead atoms. The summed E-state index contributed by atoms with van der Waals surface area (Å²) >= 11 is 1.46. The van der Waals surface area contributed by atoms with E-state index in [2.05, 4.69) is 4.98 Å². The lowest BCUT2D eigenvalue weighted by Crippen LogP contribution is -1.92. The van der Waals surface area contributed by atoms with Crippen molar-refractivity contribution in [2.75, 3.05) is 0 Å². The van der Waals surface area contributed by atoms with Crippen molar-refractivity contribution in [3.8, 4) is 11.6 Å². The molecule has 5 heteroatoms. The minimum Gasteiger partial charge on any atom is -0.436 e. The highest BCUT2D eigenvalue weighted by molar-refractivity contribution is 7.15. The van der Waals surface area contributed by atoms with E-state index in [1.165, 1.54) is 11.3 Å². The molecule has 0 aliphatic rings. The van der Waals surface area contributed by atoms with Crippen LogP contribution in [0.1, 0.15) is 10.5 Å². The van der Waals surface area contributed by atoms with Crippen LogP contribution in [0.15, 0.2) is 54.0 Å². The van der Waals surface area contributed by atoms with Crippen LogP contribution in [0.3, 0.4) is 0 Å². The summed E-state index contributed by atoms with van der Waals surface area (Å²) in [4.78, 5) is 16.4. The zero-order valence-electron chi connectivity index (χ0n) is 10.9. The summed E-state index contributed by atoms with van der Waals surface area (Å²) in [7, 11) is 0. The lowest BCUT2D eigenvalue weighted by atomic mass is 10.1. The van der Waals surface area contributed by atoms with E-state index >= 15 is 0 Å². The normalized spacial score (nSPS) is 11.0.